The molecule has 2 unspecified atom stereocenters. The van der Waals surface area contributed by atoms with Crippen molar-refractivity contribution in [2.24, 2.45) is 11.3 Å². The molecule has 3 atom stereocenters. The highest BCUT2D eigenvalue weighted by Gasteiger charge is 2.55. The molecular formula is C32H33NO2. The minimum Gasteiger partial charge on any atom is -0.469 e. The van der Waals surface area contributed by atoms with Gasteiger partial charge in [-0.3, -0.25) is 4.79 Å². The molecule has 1 saturated carbocycles. The first-order chi connectivity index (χ1) is 16.9. The first-order valence-electron chi connectivity index (χ1n) is 12.8. The third-order valence-electron chi connectivity index (χ3n) is 9.00. The molecule has 1 N–H and O–H groups in total. The van der Waals surface area contributed by atoms with Gasteiger partial charge in [0.1, 0.15) is 0 Å². The quantitative estimate of drug-likeness (QED) is 0.248. The summed E-state index contributed by atoms with van der Waals surface area (Å²) in [4.78, 5) is 12.8. The van der Waals surface area contributed by atoms with Crippen LogP contribution in [0.3, 0.4) is 0 Å². The zero-order valence-electron chi connectivity index (χ0n) is 20.9. The fourth-order valence-electron chi connectivity index (χ4n) is 7.23. The molecule has 3 heteroatoms. The largest absolute Gasteiger partial charge is 0.469 e. The minimum atomic E-state index is -0.397. The van der Waals surface area contributed by atoms with E-state index in [4.69, 9.17) is 4.74 Å². The highest BCUT2D eigenvalue weighted by Crippen LogP contribution is 2.57. The molecule has 0 saturated heterocycles. The van der Waals surface area contributed by atoms with Gasteiger partial charge in [0.25, 0.3) is 0 Å². The summed E-state index contributed by atoms with van der Waals surface area (Å²) in [7, 11) is 1.53. The van der Waals surface area contributed by atoms with Gasteiger partial charge in [0.05, 0.1) is 12.5 Å². The lowest BCUT2D eigenvalue weighted by Gasteiger charge is -2.54. The van der Waals surface area contributed by atoms with Gasteiger partial charge in [-0.15, -0.1) is 0 Å². The van der Waals surface area contributed by atoms with Crippen molar-refractivity contribution >= 4 is 38.9 Å². The smallest absolute Gasteiger partial charge is 0.311 e. The number of carbonyl (C=O) groups is 1. The Hall–Kier alpha value is -3.33. The molecular weight excluding hydrogens is 430 g/mol. The van der Waals surface area contributed by atoms with Crippen LogP contribution < -0.4 is 5.32 Å². The van der Waals surface area contributed by atoms with Gasteiger partial charge in [-0.25, -0.2) is 0 Å². The van der Waals surface area contributed by atoms with Gasteiger partial charge in [-0.1, -0.05) is 49.7 Å². The Bertz CT molecular complexity index is 1460. The fourth-order valence-corrected chi connectivity index (χ4v) is 7.23. The van der Waals surface area contributed by atoms with Gasteiger partial charge in [-0.05, 0) is 113 Å². The van der Waals surface area contributed by atoms with E-state index < -0.39 is 5.41 Å². The molecule has 0 aromatic heterocycles. The Morgan fingerprint density at radius 1 is 0.857 bits per heavy atom. The second kappa shape index (κ2) is 8.12. The molecule has 178 valence electrons. The van der Waals surface area contributed by atoms with E-state index in [2.05, 4.69) is 92.0 Å². The molecule has 0 heterocycles. The molecule has 1 fully saturated rings. The lowest BCUT2D eigenvalue weighted by atomic mass is 9.50. The summed E-state index contributed by atoms with van der Waals surface area (Å²) in [5, 5.41) is 8.68. The SMILES string of the molecule is COC(=O)C1(C)CCC[C@]2(C)c3ccc(Nc4ccc5cc6ccccc6cc5c4)cc3CCC12. The maximum absolute atomic E-state index is 12.8. The number of ether oxygens (including phenoxy) is 1. The van der Waals surface area contributed by atoms with Crippen LogP contribution in [0.2, 0.25) is 0 Å². The van der Waals surface area contributed by atoms with Gasteiger partial charge in [0.15, 0.2) is 0 Å². The third kappa shape index (κ3) is 3.52. The standard InChI is InChI=1S/C32H33NO2/c1-31-15-6-16-32(2,30(34)35-3)29(31)14-10-24-19-27(12-13-28(24)31)33-26-11-9-23-17-21-7-4-5-8-22(21)18-25(23)20-26/h4-5,7-9,11-13,17-20,29,33H,6,10,14-16H2,1-3H3/t29?,31-,32?/m1/s1. The molecule has 2 aliphatic rings. The molecule has 35 heavy (non-hydrogen) atoms. The van der Waals surface area contributed by atoms with Crippen LogP contribution in [0.4, 0.5) is 11.4 Å². The van der Waals surface area contributed by atoms with Crippen molar-refractivity contribution in [3.8, 4) is 0 Å². The number of carbonyl (C=O) groups excluding carboxylic acids is 1. The van der Waals surface area contributed by atoms with Gasteiger partial charge < -0.3 is 10.1 Å². The van der Waals surface area contributed by atoms with Crippen molar-refractivity contribution in [3.05, 3.63) is 83.9 Å². The van der Waals surface area contributed by atoms with Gasteiger partial charge in [0.2, 0.25) is 0 Å². The third-order valence-corrected chi connectivity index (χ3v) is 9.00. The summed E-state index contributed by atoms with van der Waals surface area (Å²) in [6.45, 7) is 4.50. The van der Waals surface area contributed by atoms with E-state index in [0.717, 1.165) is 43.5 Å². The summed E-state index contributed by atoms with van der Waals surface area (Å²) in [5.41, 5.74) is 4.66. The van der Waals surface area contributed by atoms with Crippen molar-refractivity contribution in [3.63, 3.8) is 0 Å². The molecule has 0 bridgehead atoms. The van der Waals surface area contributed by atoms with Gasteiger partial charge >= 0.3 is 5.97 Å². The maximum atomic E-state index is 12.8. The van der Waals surface area contributed by atoms with E-state index in [1.807, 2.05) is 0 Å². The number of nitrogens with one attached hydrogen (secondary N) is 1. The van der Waals surface area contributed by atoms with E-state index in [-0.39, 0.29) is 11.4 Å². The van der Waals surface area contributed by atoms with Crippen LogP contribution in [0.25, 0.3) is 21.5 Å². The zero-order chi connectivity index (χ0) is 24.2. The van der Waals surface area contributed by atoms with Gasteiger partial charge in [-0.2, -0.15) is 0 Å². The van der Waals surface area contributed by atoms with Crippen LogP contribution >= 0.6 is 0 Å². The van der Waals surface area contributed by atoms with Crippen LogP contribution in [0.15, 0.2) is 72.8 Å². The predicted octanol–water partition coefficient (Wildman–Crippen LogP) is 7.92. The minimum absolute atomic E-state index is 0.0112. The summed E-state index contributed by atoms with van der Waals surface area (Å²) in [5.74, 6) is 0.275. The Morgan fingerprint density at radius 2 is 1.54 bits per heavy atom. The van der Waals surface area contributed by atoms with E-state index >= 15 is 0 Å². The number of anilines is 2. The Morgan fingerprint density at radius 3 is 2.31 bits per heavy atom. The molecule has 6 rings (SSSR count). The van der Waals surface area contributed by atoms with E-state index in [9.17, 15) is 4.79 Å². The number of benzene rings is 4. The number of rotatable bonds is 3. The van der Waals surface area contributed by atoms with Crippen LogP contribution in [0, 0.1) is 11.3 Å². The Balaban J connectivity index is 1.31. The highest BCUT2D eigenvalue weighted by atomic mass is 16.5. The van der Waals surface area contributed by atoms with Crippen LogP contribution in [0.5, 0.6) is 0 Å². The fraction of sp³-hybridized carbons (Fsp3) is 0.344. The molecule has 0 amide bonds. The maximum Gasteiger partial charge on any atom is 0.311 e. The average molecular weight is 464 g/mol. The van der Waals surface area contributed by atoms with Crippen molar-refractivity contribution in [1.29, 1.82) is 0 Å². The number of methoxy groups -OCH3 is 1. The number of aryl methyl sites for hydroxylation is 1. The van der Waals surface area contributed by atoms with Crippen molar-refractivity contribution in [2.75, 3.05) is 12.4 Å². The van der Waals surface area contributed by atoms with E-state index in [1.165, 1.54) is 39.8 Å². The number of fused-ring (bicyclic) bond motifs is 5. The van der Waals surface area contributed by atoms with Crippen molar-refractivity contribution in [1.82, 2.24) is 0 Å². The molecule has 2 aliphatic carbocycles. The zero-order valence-corrected chi connectivity index (χ0v) is 20.9. The monoisotopic (exact) mass is 463 g/mol. The topological polar surface area (TPSA) is 38.3 Å². The first-order valence-corrected chi connectivity index (χ1v) is 12.8. The van der Waals surface area contributed by atoms with Crippen LogP contribution in [-0.2, 0) is 21.4 Å². The lowest BCUT2D eigenvalue weighted by molar-refractivity contribution is -0.161. The number of hydrogen-bond donors (Lipinski definition) is 1. The average Bonchev–Trinajstić information content (AvgIpc) is 2.86. The van der Waals surface area contributed by atoms with Gasteiger partial charge in [0, 0.05) is 11.4 Å². The molecule has 4 aromatic rings. The van der Waals surface area contributed by atoms with E-state index in [0.29, 0.717) is 5.92 Å². The first kappa shape index (κ1) is 22.2. The second-order valence-electron chi connectivity index (χ2n) is 11.0. The Kier molecular flexibility index (Phi) is 5.14. The predicted molar refractivity (Wildman–Crippen MR) is 144 cm³/mol. The normalized spacial score (nSPS) is 25.6. The number of hydrogen-bond acceptors (Lipinski definition) is 3. The highest BCUT2D eigenvalue weighted by molar-refractivity contribution is 5.99. The second-order valence-corrected chi connectivity index (χ2v) is 11.0. The number of esters is 1. The van der Waals surface area contributed by atoms with E-state index in [1.54, 1.807) is 0 Å². The van der Waals surface area contributed by atoms with Crippen molar-refractivity contribution < 1.29 is 9.53 Å². The summed E-state index contributed by atoms with van der Waals surface area (Å²) in [6, 6.07) is 26.5. The Labute approximate surface area is 207 Å². The molecule has 0 radical (unpaired) electrons. The molecule has 3 nitrogen and oxygen atoms in total. The molecule has 0 aliphatic heterocycles. The van der Waals surface area contributed by atoms with Crippen LogP contribution in [0.1, 0.15) is 50.7 Å². The van der Waals surface area contributed by atoms with Crippen LogP contribution in [-0.4, -0.2) is 13.1 Å². The lowest BCUT2D eigenvalue weighted by Crippen LogP contribution is -2.52. The molecule has 0 spiro atoms. The molecule has 4 aromatic carbocycles. The van der Waals surface area contributed by atoms with Crippen molar-refractivity contribution in [2.45, 2.75) is 51.4 Å². The summed E-state index contributed by atoms with van der Waals surface area (Å²) < 4.78 is 5.27. The summed E-state index contributed by atoms with van der Waals surface area (Å²) in [6.07, 6.45) is 5.14. The summed E-state index contributed by atoms with van der Waals surface area (Å²) >= 11 is 0.